The van der Waals surface area contributed by atoms with Crippen LogP contribution in [0.15, 0.2) is 24.8 Å². The third-order valence-corrected chi connectivity index (χ3v) is 4.01. The largest absolute Gasteiger partial charge is 0.461 e. The van der Waals surface area contributed by atoms with Crippen molar-refractivity contribution in [1.82, 2.24) is 0 Å². The molecule has 21 heavy (non-hydrogen) atoms. The van der Waals surface area contributed by atoms with E-state index in [0.29, 0.717) is 16.3 Å². The van der Waals surface area contributed by atoms with Crippen molar-refractivity contribution < 1.29 is 14.3 Å². The summed E-state index contributed by atoms with van der Waals surface area (Å²) >= 11 is 12.0. The Balaban J connectivity index is 2.46. The Labute approximate surface area is 132 Å². The Bertz CT molecular complexity index is 633. The fraction of sp³-hybridized carbons (Fsp3) is 0.286. The normalized spacial score (nSPS) is 21.4. The number of ether oxygens (including phenoxy) is 1. The number of nitrogens with one attached hydrogen (secondary N) is 1. The van der Waals surface area contributed by atoms with Crippen LogP contribution in [0.2, 0.25) is 10.0 Å². The molecule has 1 aromatic rings. The average Bonchev–Trinajstić information content (AvgIpc) is 2.69. The summed E-state index contributed by atoms with van der Waals surface area (Å²) in [6.45, 7) is 5.03. The smallest absolute Gasteiger partial charge is 0.311 e. The summed E-state index contributed by atoms with van der Waals surface area (Å²) in [5.41, 5.74) is 5.39. The van der Waals surface area contributed by atoms with Crippen LogP contribution >= 0.6 is 23.2 Å². The van der Waals surface area contributed by atoms with Crippen molar-refractivity contribution in [3.63, 3.8) is 0 Å². The highest BCUT2D eigenvalue weighted by molar-refractivity contribution is 6.37. The molecule has 1 aliphatic heterocycles. The van der Waals surface area contributed by atoms with Crippen molar-refractivity contribution in [1.29, 1.82) is 0 Å². The molecule has 0 saturated heterocycles. The Morgan fingerprint density at radius 1 is 1.57 bits per heavy atom. The van der Waals surface area contributed by atoms with Gasteiger partial charge < -0.3 is 15.8 Å². The van der Waals surface area contributed by atoms with Gasteiger partial charge in [0.05, 0.1) is 16.6 Å². The summed E-state index contributed by atoms with van der Waals surface area (Å²) in [6.07, 6.45) is 1.43. The van der Waals surface area contributed by atoms with Crippen LogP contribution in [-0.2, 0) is 19.9 Å². The van der Waals surface area contributed by atoms with Gasteiger partial charge in [0.1, 0.15) is 12.1 Å². The van der Waals surface area contributed by atoms with Gasteiger partial charge >= 0.3 is 5.97 Å². The lowest BCUT2D eigenvalue weighted by Crippen LogP contribution is -2.52. The number of halogens is 2. The highest BCUT2D eigenvalue weighted by Gasteiger charge is 2.51. The van der Waals surface area contributed by atoms with Crippen molar-refractivity contribution in [3.8, 4) is 0 Å². The Kier molecular flexibility index (Phi) is 4.27. The fourth-order valence-electron chi connectivity index (χ4n) is 2.25. The van der Waals surface area contributed by atoms with Crippen molar-refractivity contribution in [2.75, 3.05) is 11.9 Å². The first-order valence-corrected chi connectivity index (χ1v) is 6.95. The van der Waals surface area contributed by atoms with E-state index in [9.17, 15) is 9.59 Å². The molecule has 0 aliphatic carbocycles. The van der Waals surface area contributed by atoms with Gasteiger partial charge in [0.2, 0.25) is 5.91 Å². The van der Waals surface area contributed by atoms with Crippen LogP contribution in [0, 0.1) is 5.92 Å². The number of hydrogen-bond acceptors (Lipinski definition) is 4. The number of rotatable bonds is 4. The number of benzene rings is 1. The van der Waals surface area contributed by atoms with Gasteiger partial charge in [0.15, 0.2) is 0 Å². The Morgan fingerprint density at radius 3 is 2.86 bits per heavy atom. The zero-order chi connectivity index (χ0) is 15.8. The molecule has 0 spiro atoms. The SMILES string of the molecule is C=CCOC(=O)C(C)C1(N)C(=O)Nc2c(Cl)cc(Cl)cc21. The number of amides is 1. The second-order valence-corrected chi connectivity index (χ2v) is 5.62. The minimum Gasteiger partial charge on any atom is -0.461 e. The van der Waals surface area contributed by atoms with Crippen LogP contribution in [0.3, 0.4) is 0 Å². The molecule has 0 aromatic heterocycles. The Hall–Kier alpha value is -1.56. The van der Waals surface area contributed by atoms with E-state index in [4.69, 9.17) is 33.7 Å². The van der Waals surface area contributed by atoms with E-state index in [1.165, 1.54) is 25.1 Å². The van der Waals surface area contributed by atoms with Crippen molar-refractivity contribution >= 4 is 40.8 Å². The minimum atomic E-state index is -1.58. The standard InChI is InChI=1S/C14H14Cl2N2O3/c1-3-4-21-12(19)7(2)14(17)9-5-8(15)6-10(16)11(9)18-13(14)20/h3,5-7H,1,4,17H2,2H3,(H,18,20). The number of esters is 1. The van der Waals surface area contributed by atoms with Gasteiger partial charge in [0.25, 0.3) is 0 Å². The Morgan fingerprint density at radius 2 is 2.24 bits per heavy atom. The van der Waals surface area contributed by atoms with Crippen LogP contribution in [-0.4, -0.2) is 18.5 Å². The van der Waals surface area contributed by atoms with Gasteiger partial charge in [-0.3, -0.25) is 9.59 Å². The maximum Gasteiger partial charge on any atom is 0.311 e. The predicted octanol–water partition coefficient (Wildman–Crippen LogP) is 2.46. The molecule has 2 atom stereocenters. The van der Waals surface area contributed by atoms with E-state index in [2.05, 4.69) is 11.9 Å². The minimum absolute atomic E-state index is 0.0457. The van der Waals surface area contributed by atoms with Crippen molar-refractivity contribution in [2.24, 2.45) is 11.7 Å². The predicted molar refractivity (Wildman–Crippen MR) is 81.3 cm³/mol. The molecule has 1 heterocycles. The van der Waals surface area contributed by atoms with Crippen molar-refractivity contribution in [3.05, 3.63) is 40.4 Å². The average molecular weight is 329 g/mol. The maximum atomic E-state index is 12.3. The molecular formula is C14H14Cl2N2O3. The summed E-state index contributed by atoms with van der Waals surface area (Å²) in [5, 5.41) is 3.19. The number of nitrogens with two attached hydrogens (primary N) is 1. The van der Waals surface area contributed by atoms with E-state index in [1.54, 1.807) is 0 Å². The summed E-state index contributed by atoms with van der Waals surface area (Å²) in [5.74, 6) is -2.03. The quantitative estimate of drug-likeness (QED) is 0.657. The molecule has 7 heteroatoms. The van der Waals surface area contributed by atoms with Gasteiger partial charge in [-0.1, -0.05) is 35.9 Å². The summed E-state index contributed by atoms with van der Waals surface area (Å²) in [6, 6.07) is 3.02. The number of carbonyl (C=O) groups is 2. The third-order valence-electron chi connectivity index (χ3n) is 3.49. The van der Waals surface area contributed by atoms with E-state index >= 15 is 0 Å². The first-order valence-electron chi connectivity index (χ1n) is 6.19. The molecule has 1 amide bonds. The number of anilines is 1. The monoisotopic (exact) mass is 328 g/mol. The molecule has 5 nitrogen and oxygen atoms in total. The van der Waals surface area contributed by atoms with E-state index in [-0.39, 0.29) is 11.6 Å². The van der Waals surface area contributed by atoms with E-state index in [0.717, 1.165) is 0 Å². The number of fused-ring (bicyclic) bond motifs is 1. The zero-order valence-electron chi connectivity index (χ0n) is 11.3. The molecular weight excluding hydrogens is 315 g/mol. The molecule has 112 valence electrons. The fourth-order valence-corrected chi connectivity index (χ4v) is 2.79. The highest BCUT2D eigenvalue weighted by atomic mass is 35.5. The maximum absolute atomic E-state index is 12.3. The van der Waals surface area contributed by atoms with Crippen LogP contribution < -0.4 is 11.1 Å². The van der Waals surface area contributed by atoms with E-state index < -0.39 is 23.3 Å². The van der Waals surface area contributed by atoms with Crippen LogP contribution in [0.5, 0.6) is 0 Å². The number of hydrogen-bond donors (Lipinski definition) is 2. The molecule has 0 radical (unpaired) electrons. The molecule has 2 rings (SSSR count). The zero-order valence-corrected chi connectivity index (χ0v) is 12.8. The summed E-state index contributed by atoms with van der Waals surface area (Å²) in [4.78, 5) is 24.3. The molecule has 1 aliphatic rings. The first-order chi connectivity index (χ1) is 9.82. The number of carbonyl (C=O) groups excluding carboxylic acids is 2. The van der Waals surface area contributed by atoms with Gasteiger partial charge in [-0.05, 0) is 19.1 Å². The second-order valence-electron chi connectivity index (χ2n) is 4.77. The molecule has 0 bridgehead atoms. The topological polar surface area (TPSA) is 81.4 Å². The third kappa shape index (κ3) is 2.52. The lowest BCUT2D eigenvalue weighted by molar-refractivity contribution is -0.151. The van der Waals surface area contributed by atoms with Crippen LogP contribution in [0.4, 0.5) is 5.69 Å². The van der Waals surface area contributed by atoms with Crippen LogP contribution in [0.1, 0.15) is 12.5 Å². The first kappa shape index (κ1) is 15.8. The summed E-state index contributed by atoms with van der Waals surface area (Å²) < 4.78 is 4.97. The van der Waals surface area contributed by atoms with Gasteiger partial charge in [0, 0.05) is 10.6 Å². The van der Waals surface area contributed by atoms with Crippen molar-refractivity contribution in [2.45, 2.75) is 12.5 Å². The molecule has 0 saturated carbocycles. The van der Waals surface area contributed by atoms with Gasteiger partial charge in [-0.25, -0.2) is 0 Å². The lowest BCUT2D eigenvalue weighted by Gasteiger charge is -2.27. The molecule has 0 fully saturated rings. The van der Waals surface area contributed by atoms with E-state index in [1.807, 2.05) is 0 Å². The second kappa shape index (κ2) is 5.67. The van der Waals surface area contributed by atoms with Gasteiger partial charge in [-0.15, -0.1) is 0 Å². The molecule has 3 N–H and O–H groups in total. The molecule has 1 aromatic carbocycles. The molecule has 2 unspecified atom stereocenters. The summed E-state index contributed by atoms with van der Waals surface area (Å²) in [7, 11) is 0. The highest BCUT2D eigenvalue weighted by Crippen LogP contribution is 2.44. The van der Waals surface area contributed by atoms with Crippen LogP contribution in [0.25, 0.3) is 0 Å². The lowest BCUT2D eigenvalue weighted by atomic mass is 9.80. The van der Waals surface area contributed by atoms with Gasteiger partial charge in [-0.2, -0.15) is 0 Å².